The lowest BCUT2D eigenvalue weighted by Gasteiger charge is -2.09. The molecule has 0 spiro atoms. The number of hydrogen-bond acceptors (Lipinski definition) is 8. The summed E-state index contributed by atoms with van der Waals surface area (Å²) in [5, 5.41) is 3.10. The maximum absolute atomic E-state index is 13.0. The van der Waals surface area contributed by atoms with Gasteiger partial charge in [-0.1, -0.05) is 17.7 Å². The summed E-state index contributed by atoms with van der Waals surface area (Å²) < 4.78 is 11.4. The van der Waals surface area contributed by atoms with Gasteiger partial charge in [0.25, 0.3) is 17.3 Å². The van der Waals surface area contributed by atoms with Gasteiger partial charge in [0, 0.05) is 12.7 Å². The zero-order valence-electron chi connectivity index (χ0n) is 16.8. The van der Waals surface area contributed by atoms with Gasteiger partial charge in [-0.15, -0.1) is 11.3 Å². The molecule has 0 aliphatic carbocycles. The van der Waals surface area contributed by atoms with Crippen LogP contribution in [0.25, 0.3) is 16.0 Å². The topological polar surface area (TPSA) is 128 Å². The van der Waals surface area contributed by atoms with Crippen LogP contribution in [0.5, 0.6) is 11.6 Å². The SMILES string of the molecule is COc1ccc(-n2c(=O)[nH]c3cc(C(=O)NCc4ccc(Cl)nc4)sc3c2=O)nc1OC. The number of aromatic amines is 1. The number of fused-ring (bicyclic) bond motifs is 1. The minimum absolute atomic E-state index is 0.0606. The van der Waals surface area contributed by atoms with Gasteiger partial charge in [-0.2, -0.15) is 4.98 Å². The Balaban J connectivity index is 1.67. The van der Waals surface area contributed by atoms with Gasteiger partial charge in [0.2, 0.25) is 0 Å². The molecule has 0 atom stereocenters. The Morgan fingerprint density at radius 1 is 1.22 bits per heavy atom. The number of nitrogens with zero attached hydrogens (tertiary/aromatic N) is 3. The highest BCUT2D eigenvalue weighted by Crippen LogP contribution is 2.25. The highest BCUT2D eigenvalue weighted by molar-refractivity contribution is 7.20. The normalized spacial score (nSPS) is 10.8. The first kappa shape index (κ1) is 21.5. The molecule has 0 saturated carbocycles. The molecular weight excluding hydrogens is 458 g/mol. The number of aromatic nitrogens is 4. The van der Waals surface area contributed by atoms with E-state index < -0.39 is 17.2 Å². The lowest BCUT2D eigenvalue weighted by Crippen LogP contribution is -2.33. The van der Waals surface area contributed by atoms with Gasteiger partial charge >= 0.3 is 5.69 Å². The summed E-state index contributed by atoms with van der Waals surface area (Å²) in [6, 6.07) is 7.83. The summed E-state index contributed by atoms with van der Waals surface area (Å²) in [7, 11) is 2.85. The van der Waals surface area contributed by atoms with Crippen molar-refractivity contribution >= 4 is 39.1 Å². The monoisotopic (exact) mass is 473 g/mol. The van der Waals surface area contributed by atoms with Crippen molar-refractivity contribution in [1.29, 1.82) is 0 Å². The van der Waals surface area contributed by atoms with Crippen molar-refractivity contribution in [2.24, 2.45) is 0 Å². The number of H-pyrrole nitrogens is 1. The molecular formula is C20H16ClN5O5S. The maximum atomic E-state index is 13.0. The summed E-state index contributed by atoms with van der Waals surface area (Å²) >= 11 is 6.73. The van der Waals surface area contributed by atoms with Gasteiger partial charge in [-0.3, -0.25) is 9.59 Å². The zero-order chi connectivity index (χ0) is 22.8. The van der Waals surface area contributed by atoms with Crippen molar-refractivity contribution in [2.75, 3.05) is 14.2 Å². The van der Waals surface area contributed by atoms with E-state index >= 15 is 0 Å². The van der Waals surface area contributed by atoms with Crippen molar-refractivity contribution in [3.63, 3.8) is 0 Å². The fourth-order valence-electron chi connectivity index (χ4n) is 2.95. The standard InChI is InChI=1S/C20H16ClN5O5S/c1-30-12-4-6-15(25-18(12)31-2)26-19(28)16-11(24-20(26)29)7-13(32-16)17(27)23-9-10-3-5-14(21)22-8-10/h3-8H,9H2,1-2H3,(H,23,27)(H,24,29). The Morgan fingerprint density at radius 3 is 2.72 bits per heavy atom. The fraction of sp³-hybridized carbons (Fsp3) is 0.150. The van der Waals surface area contributed by atoms with Gasteiger partial charge < -0.3 is 19.8 Å². The molecule has 4 rings (SSSR count). The summed E-state index contributed by atoms with van der Waals surface area (Å²) in [5.41, 5.74) is -0.271. The van der Waals surface area contributed by atoms with Crippen molar-refractivity contribution in [3.8, 4) is 17.4 Å². The molecule has 4 aromatic rings. The molecule has 0 saturated heterocycles. The molecule has 4 aromatic heterocycles. The van der Waals surface area contributed by atoms with Crippen LogP contribution in [0.3, 0.4) is 0 Å². The predicted molar refractivity (Wildman–Crippen MR) is 119 cm³/mol. The number of methoxy groups -OCH3 is 2. The van der Waals surface area contributed by atoms with Crippen molar-refractivity contribution in [1.82, 2.24) is 24.8 Å². The van der Waals surface area contributed by atoms with Crippen molar-refractivity contribution < 1.29 is 14.3 Å². The summed E-state index contributed by atoms with van der Waals surface area (Å²) in [6.07, 6.45) is 1.56. The van der Waals surface area contributed by atoms with E-state index in [1.165, 1.54) is 32.4 Å². The second kappa shape index (κ2) is 8.81. The van der Waals surface area contributed by atoms with Crippen LogP contribution in [0.4, 0.5) is 0 Å². The van der Waals surface area contributed by atoms with E-state index in [9.17, 15) is 14.4 Å². The summed E-state index contributed by atoms with van der Waals surface area (Å²) in [6.45, 7) is 0.230. The van der Waals surface area contributed by atoms with E-state index in [0.29, 0.717) is 10.9 Å². The molecule has 0 fully saturated rings. The molecule has 0 unspecified atom stereocenters. The smallest absolute Gasteiger partial charge is 0.334 e. The van der Waals surface area contributed by atoms with Crippen LogP contribution in [0.1, 0.15) is 15.2 Å². The summed E-state index contributed by atoms with van der Waals surface area (Å²) in [4.78, 5) is 49.2. The third kappa shape index (κ3) is 4.07. The molecule has 10 nitrogen and oxygen atoms in total. The number of nitrogens with one attached hydrogen (secondary N) is 2. The average molecular weight is 474 g/mol. The van der Waals surface area contributed by atoms with E-state index in [4.69, 9.17) is 21.1 Å². The second-order valence-electron chi connectivity index (χ2n) is 6.48. The Bertz CT molecular complexity index is 1430. The number of rotatable bonds is 6. The van der Waals surface area contributed by atoms with E-state index in [1.807, 2.05) is 0 Å². The quantitative estimate of drug-likeness (QED) is 0.410. The summed E-state index contributed by atoms with van der Waals surface area (Å²) in [5.74, 6) is 0.148. The maximum Gasteiger partial charge on any atom is 0.334 e. The van der Waals surface area contributed by atoms with Crippen molar-refractivity contribution in [2.45, 2.75) is 6.54 Å². The van der Waals surface area contributed by atoms with E-state index in [0.717, 1.165) is 21.5 Å². The molecule has 0 aliphatic rings. The van der Waals surface area contributed by atoms with Gasteiger partial charge in [-0.05, 0) is 29.8 Å². The number of halogens is 1. The third-order valence-electron chi connectivity index (χ3n) is 4.49. The Labute approximate surface area is 189 Å². The predicted octanol–water partition coefficient (Wildman–Crippen LogP) is 2.13. The van der Waals surface area contributed by atoms with E-state index in [2.05, 4.69) is 20.3 Å². The molecule has 12 heteroatoms. The first-order chi connectivity index (χ1) is 15.4. The Morgan fingerprint density at radius 2 is 2.03 bits per heavy atom. The minimum atomic E-state index is -0.695. The largest absolute Gasteiger partial charge is 0.491 e. The number of ether oxygens (including phenoxy) is 2. The highest BCUT2D eigenvalue weighted by Gasteiger charge is 2.18. The Kier molecular flexibility index (Phi) is 5.93. The Hall–Kier alpha value is -3.70. The van der Waals surface area contributed by atoms with Gasteiger partial charge in [0.15, 0.2) is 5.75 Å². The van der Waals surface area contributed by atoms with Crippen LogP contribution in [0.15, 0.2) is 46.1 Å². The van der Waals surface area contributed by atoms with Gasteiger partial charge in [0.1, 0.15) is 15.7 Å². The molecule has 4 heterocycles. The zero-order valence-corrected chi connectivity index (χ0v) is 18.4. The van der Waals surface area contributed by atoms with Crippen LogP contribution in [-0.4, -0.2) is 39.6 Å². The third-order valence-corrected chi connectivity index (χ3v) is 5.84. The number of pyridine rings is 2. The number of thiophene rings is 1. The molecule has 0 aromatic carbocycles. The molecule has 1 amide bonds. The average Bonchev–Trinajstić information content (AvgIpc) is 3.22. The lowest BCUT2D eigenvalue weighted by molar-refractivity contribution is 0.0955. The number of amides is 1. The highest BCUT2D eigenvalue weighted by atomic mass is 35.5. The molecule has 0 aliphatic heterocycles. The van der Waals surface area contributed by atoms with Crippen LogP contribution >= 0.6 is 22.9 Å². The number of carbonyl (C=O) groups is 1. The molecule has 164 valence electrons. The van der Waals surface area contributed by atoms with Gasteiger partial charge in [0.05, 0.1) is 24.6 Å². The van der Waals surface area contributed by atoms with E-state index in [-0.39, 0.29) is 33.3 Å². The minimum Gasteiger partial charge on any atom is -0.491 e. The van der Waals surface area contributed by atoms with Crippen LogP contribution < -0.4 is 26.0 Å². The molecule has 32 heavy (non-hydrogen) atoms. The fourth-order valence-corrected chi connectivity index (χ4v) is 4.02. The van der Waals surface area contributed by atoms with E-state index in [1.54, 1.807) is 18.3 Å². The lowest BCUT2D eigenvalue weighted by atomic mass is 10.3. The molecule has 0 bridgehead atoms. The second-order valence-corrected chi connectivity index (χ2v) is 7.92. The van der Waals surface area contributed by atoms with Crippen molar-refractivity contribution in [3.05, 3.63) is 73.0 Å². The first-order valence-corrected chi connectivity index (χ1v) is 10.4. The van der Waals surface area contributed by atoms with Gasteiger partial charge in [-0.25, -0.2) is 14.3 Å². The van der Waals surface area contributed by atoms with Crippen LogP contribution in [0, 0.1) is 0 Å². The molecule has 0 radical (unpaired) electrons. The van der Waals surface area contributed by atoms with Crippen LogP contribution in [0.2, 0.25) is 5.15 Å². The number of hydrogen-bond donors (Lipinski definition) is 2. The molecule has 2 N–H and O–H groups in total. The first-order valence-electron chi connectivity index (χ1n) is 9.18. The van der Waals surface area contributed by atoms with Crippen LogP contribution in [-0.2, 0) is 6.54 Å². The number of carbonyl (C=O) groups excluding carboxylic acids is 1.